The van der Waals surface area contributed by atoms with Crippen LogP contribution in [0.5, 0.6) is 0 Å². The van der Waals surface area contributed by atoms with Crippen LogP contribution >= 0.6 is 24.8 Å². The van der Waals surface area contributed by atoms with Crippen molar-refractivity contribution in [2.75, 3.05) is 19.6 Å². The van der Waals surface area contributed by atoms with E-state index < -0.39 is 19.1 Å². The molecular formula is C15H33BCl2N2O4. The van der Waals surface area contributed by atoms with E-state index in [0.717, 1.165) is 45.3 Å². The van der Waals surface area contributed by atoms with Gasteiger partial charge in [-0.25, -0.2) is 0 Å². The van der Waals surface area contributed by atoms with Crippen LogP contribution in [0.1, 0.15) is 45.4 Å². The lowest BCUT2D eigenvalue weighted by Gasteiger charge is -2.25. The highest BCUT2D eigenvalue weighted by Gasteiger charge is 2.25. The van der Waals surface area contributed by atoms with Crippen LogP contribution in [0.3, 0.4) is 0 Å². The van der Waals surface area contributed by atoms with Gasteiger partial charge in [0.05, 0.1) is 0 Å². The zero-order chi connectivity index (χ0) is 16.5. The molecule has 1 aliphatic rings. The zero-order valence-electron chi connectivity index (χ0n) is 14.5. The molecule has 0 saturated carbocycles. The molecule has 1 aliphatic heterocycles. The third kappa shape index (κ3) is 10.7. The first-order chi connectivity index (χ1) is 10.4. The Morgan fingerprint density at radius 1 is 1.12 bits per heavy atom. The second-order valence-corrected chi connectivity index (χ2v) is 6.70. The van der Waals surface area contributed by atoms with Crippen LogP contribution in [-0.2, 0) is 4.79 Å². The molecule has 1 fully saturated rings. The van der Waals surface area contributed by atoms with Crippen LogP contribution in [0.2, 0.25) is 6.32 Å². The standard InChI is InChI=1S/C15H31BN2O4.2ClH/c1-12(6-8-16(21)22)4-5-13(14(17)15(19)20)7-11-18-9-2-3-10-18;;/h12-14,21-22H,2-11,17H2,1H3,(H,19,20);2*1H/t12-,13?,14?;;/m0../s1. The van der Waals surface area contributed by atoms with E-state index in [4.69, 9.17) is 15.8 Å². The van der Waals surface area contributed by atoms with E-state index in [2.05, 4.69) is 11.8 Å². The summed E-state index contributed by atoms with van der Waals surface area (Å²) in [5, 5.41) is 27.0. The number of aliphatic carboxylic acids is 1. The Morgan fingerprint density at radius 3 is 2.21 bits per heavy atom. The molecule has 0 radical (unpaired) electrons. The summed E-state index contributed by atoms with van der Waals surface area (Å²) in [6, 6.07) is -0.807. The van der Waals surface area contributed by atoms with Crippen molar-refractivity contribution in [1.29, 1.82) is 0 Å². The van der Waals surface area contributed by atoms with Gasteiger partial charge in [-0.15, -0.1) is 24.8 Å². The summed E-state index contributed by atoms with van der Waals surface area (Å²) in [7, 11) is -1.25. The summed E-state index contributed by atoms with van der Waals surface area (Å²) in [4.78, 5) is 13.6. The fourth-order valence-corrected chi connectivity index (χ4v) is 3.14. The second kappa shape index (κ2) is 14.2. The van der Waals surface area contributed by atoms with Gasteiger partial charge in [0, 0.05) is 0 Å². The third-order valence-electron chi connectivity index (χ3n) is 4.76. The lowest BCUT2D eigenvalue weighted by Crippen LogP contribution is -2.39. The topological polar surface area (TPSA) is 107 Å². The number of rotatable bonds is 11. The molecule has 0 spiro atoms. The molecule has 0 bridgehead atoms. The van der Waals surface area contributed by atoms with Gasteiger partial charge < -0.3 is 25.8 Å². The number of hydrogen-bond donors (Lipinski definition) is 4. The summed E-state index contributed by atoms with van der Waals surface area (Å²) < 4.78 is 0. The highest BCUT2D eigenvalue weighted by Crippen LogP contribution is 2.23. The molecule has 9 heteroatoms. The van der Waals surface area contributed by atoms with Crippen LogP contribution in [0.4, 0.5) is 0 Å². The molecule has 0 aliphatic carbocycles. The van der Waals surface area contributed by atoms with Gasteiger partial charge in [0.25, 0.3) is 0 Å². The summed E-state index contributed by atoms with van der Waals surface area (Å²) in [5.74, 6) is -0.596. The Balaban J connectivity index is 0. The Kier molecular flexibility index (Phi) is 15.4. The molecule has 0 aromatic carbocycles. The predicted octanol–water partition coefficient (Wildman–Crippen LogP) is 1.62. The maximum Gasteiger partial charge on any atom is 0.451 e. The van der Waals surface area contributed by atoms with Crippen molar-refractivity contribution in [3.8, 4) is 0 Å². The molecule has 2 unspecified atom stereocenters. The molecule has 0 aromatic heterocycles. The van der Waals surface area contributed by atoms with E-state index in [1.54, 1.807) is 0 Å². The number of carboxylic acid groups (broad SMARTS) is 1. The first kappa shape index (κ1) is 26.2. The fraction of sp³-hybridized carbons (Fsp3) is 0.933. The van der Waals surface area contributed by atoms with E-state index in [1.807, 2.05) is 0 Å². The van der Waals surface area contributed by atoms with Crippen LogP contribution < -0.4 is 5.73 Å². The summed E-state index contributed by atoms with van der Waals surface area (Å²) in [5.41, 5.74) is 5.86. The van der Waals surface area contributed by atoms with E-state index >= 15 is 0 Å². The van der Waals surface area contributed by atoms with Crippen molar-refractivity contribution >= 4 is 37.9 Å². The molecule has 1 rings (SSSR count). The largest absolute Gasteiger partial charge is 0.480 e. The minimum absolute atomic E-state index is 0. The van der Waals surface area contributed by atoms with Gasteiger partial charge in [0.2, 0.25) is 0 Å². The highest BCUT2D eigenvalue weighted by molar-refractivity contribution is 6.40. The van der Waals surface area contributed by atoms with Gasteiger partial charge in [-0.05, 0) is 63.5 Å². The molecule has 144 valence electrons. The molecule has 0 amide bonds. The van der Waals surface area contributed by atoms with E-state index in [0.29, 0.717) is 12.2 Å². The average Bonchev–Trinajstić information content (AvgIpc) is 2.97. The summed E-state index contributed by atoms with van der Waals surface area (Å²) in [6.07, 6.45) is 6.04. The molecular weight excluding hydrogens is 354 g/mol. The van der Waals surface area contributed by atoms with Gasteiger partial charge in [-0.2, -0.15) is 0 Å². The minimum atomic E-state index is -1.25. The van der Waals surface area contributed by atoms with Crippen molar-refractivity contribution in [2.45, 2.75) is 57.8 Å². The molecule has 24 heavy (non-hydrogen) atoms. The number of hydrogen-bond acceptors (Lipinski definition) is 5. The van der Waals surface area contributed by atoms with Crippen LogP contribution in [0.25, 0.3) is 0 Å². The lowest BCUT2D eigenvalue weighted by atomic mass is 9.79. The predicted molar refractivity (Wildman–Crippen MR) is 102 cm³/mol. The van der Waals surface area contributed by atoms with Crippen molar-refractivity contribution < 1.29 is 19.9 Å². The second-order valence-electron chi connectivity index (χ2n) is 6.70. The van der Waals surface area contributed by atoms with Crippen molar-refractivity contribution in [1.82, 2.24) is 4.90 Å². The van der Waals surface area contributed by atoms with Gasteiger partial charge in [0.1, 0.15) is 6.04 Å². The number of halogens is 2. The van der Waals surface area contributed by atoms with Gasteiger partial charge in [0.15, 0.2) is 0 Å². The van der Waals surface area contributed by atoms with E-state index in [9.17, 15) is 9.90 Å². The van der Waals surface area contributed by atoms with Crippen LogP contribution in [0, 0.1) is 11.8 Å². The van der Waals surface area contributed by atoms with Crippen LogP contribution in [-0.4, -0.2) is 58.8 Å². The number of carbonyl (C=O) groups is 1. The summed E-state index contributed by atoms with van der Waals surface area (Å²) >= 11 is 0. The number of nitrogens with zero attached hydrogens (tertiary/aromatic N) is 1. The normalized spacial score (nSPS) is 18.2. The molecule has 1 heterocycles. The Morgan fingerprint density at radius 2 is 1.71 bits per heavy atom. The Bertz CT molecular complexity index is 335. The monoisotopic (exact) mass is 386 g/mol. The van der Waals surface area contributed by atoms with Gasteiger partial charge in [-0.1, -0.05) is 19.8 Å². The molecule has 3 atom stereocenters. The lowest BCUT2D eigenvalue weighted by molar-refractivity contribution is -0.140. The fourth-order valence-electron chi connectivity index (χ4n) is 3.14. The van der Waals surface area contributed by atoms with E-state index in [-0.39, 0.29) is 30.7 Å². The smallest absolute Gasteiger partial charge is 0.451 e. The number of nitrogens with two attached hydrogens (primary N) is 1. The SMILES string of the molecule is C[C@H](CCB(O)O)CCC(CCN1CCCC1)C(N)C(=O)O.Cl.Cl. The maximum absolute atomic E-state index is 11.2. The molecule has 1 saturated heterocycles. The van der Waals surface area contributed by atoms with Crippen molar-refractivity contribution in [3.63, 3.8) is 0 Å². The average molecular weight is 387 g/mol. The maximum atomic E-state index is 11.2. The first-order valence-corrected chi connectivity index (χ1v) is 8.47. The van der Waals surface area contributed by atoms with Gasteiger partial charge in [-0.3, -0.25) is 4.79 Å². The molecule has 6 nitrogen and oxygen atoms in total. The highest BCUT2D eigenvalue weighted by atomic mass is 35.5. The van der Waals surface area contributed by atoms with Gasteiger partial charge >= 0.3 is 13.1 Å². The first-order valence-electron chi connectivity index (χ1n) is 8.47. The van der Waals surface area contributed by atoms with Crippen LogP contribution in [0.15, 0.2) is 0 Å². The quantitative estimate of drug-likeness (QED) is 0.402. The number of likely N-dealkylation sites (tertiary alicyclic amines) is 1. The Hall–Kier alpha value is -0.0451. The number of carboxylic acids is 1. The molecule has 0 aromatic rings. The van der Waals surface area contributed by atoms with E-state index in [1.165, 1.54) is 12.8 Å². The minimum Gasteiger partial charge on any atom is -0.480 e. The Labute approximate surface area is 158 Å². The van der Waals surface area contributed by atoms with Crippen molar-refractivity contribution in [2.24, 2.45) is 17.6 Å². The molecule has 5 N–H and O–H groups in total. The zero-order valence-corrected chi connectivity index (χ0v) is 16.1. The van der Waals surface area contributed by atoms with Crippen molar-refractivity contribution in [3.05, 3.63) is 0 Å². The summed E-state index contributed by atoms with van der Waals surface area (Å²) in [6.45, 7) is 5.21. The third-order valence-corrected chi connectivity index (χ3v) is 4.76.